The van der Waals surface area contributed by atoms with Gasteiger partial charge in [0.25, 0.3) is 0 Å². The van der Waals surface area contributed by atoms with Crippen molar-refractivity contribution in [3.8, 4) is 0 Å². The van der Waals surface area contributed by atoms with Crippen LogP contribution >= 0.6 is 22.9 Å². The predicted molar refractivity (Wildman–Crippen MR) is 73.5 cm³/mol. The Hall–Kier alpha value is -1.65. The van der Waals surface area contributed by atoms with E-state index in [9.17, 15) is 9.59 Å². The van der Waals surface area contributed by atoms with Crippen molar-refractivity contribution in [3.63, 3.8) is 0 Å². The monoisotopic (exact) mass is 279 g/mol. The van der Waals surface area contributed by atoms with E-state index in [1.165, 1.54) is 11.3 Å². The van der Waals surface area contributed by atoms with Crippen LogP contribution in [0.15, 0.2) is 41.8 Å². The molecule has 0 atom stereocenters. The number of carbonyl (C=O) groups excluding carboxylic acids is 2. The quantitative estimate of drug-likeness (QED) is 0.690. The van der Waals surface area contributed by atoms with Crippen molar-refractivity contribution >= 4 is 40.3 Å². The van der Waals surface area contributed by atoms with Gasteiger partial charge in [-0.25, -0.2) is 0 Å². The molecule has 0 radical (unpaired) electrons. The van der Waals surface area contributed by atoms with Crippen molar-refractivity contribution in [3.05, 3.63) is 52.2 Å². The molecular weight excluding hydrogens is 270 g/mol. The molecule has 0 saturated carbocycles. The molecule has 1 aromatic carbocycles. The van der Waals surface area contributed by atoms with Gasteiger partial charge in [-0.3, -0.25) is 9.59 Å². The molecule has 0 unspecified atom stereocenters. The zero-order chi connectivity index (χ0) is 13.0. The smallest absolute Gasteiger partial charge is 0.239 e. The summed E-state index contributed by atoms with van der Waals surface area (Å²) in [5, 5.41) is 4.37. The van der Waals surface area contributed by atoms with Gasteiger partial charge in [0, 0.05) is 5.56 Å². The number of benzene rings is 1. The van der Waals surface area contributed by atoms with E-state index in [1.807, 2.05) is 6.07 Å². The van der Waals surface area contributed by atoms with Crippen LogP contribution in [-0.4, -0.2) is 17.6 Å². The summed E-state index contributed by atoms with van der Waals surface area (Å²) in [6.45, 7) is 0. The SMILES string of the molecule is O=C(CCl)Nc1ccsc1C(=O)c1ccccc1. The summed E-state index contributed by atoms with van der Waals surface area (Å²) in [7, 11) is 0. The highest BCUT2D eigenvalue weighted by atomic mass is 35.5. The molecule has 0 aliphatic heterocycles. The summed E-state index contributed by atoms with van der Waals surface area (Å²) >= 11 is 6.72. The Labute approximate surface area is 113 Å². The van der Waals surface area contributed by atoms with Crippen LogP contribution in [0, 0.1) is 0 Å². The molecule has 2 rings (SSSR count). The van der Waals surface area contributed by atoms with Crippen molar-refractivity contribution in [2.45, 2.75) is 0 Å². The first-order valence-corrected chi connectivity index (χ1v) is 6.67. The van der Waals surface area contributed by atoms with Gasteiger partial charge in [-0.05, 0) is 11.4 Å². The average molecular weight is 280 g/mol. The minimum Gasteiger partial charge on any atom is -0.324 e. The van der Waals surface area contributed by atoms with E-state index < -0.39 is 0 Å². The third-order valence-electron chi connectivity index (χ3n) is 2.30. The Morgan fingerprint density at radius 3 is 2.56 bits per heavy atom. The number of amides is 1. The van der Waals surface area contributed by atoms with Gasteiger partial charge in [-0.1, -0.05) is 30.3 Å². The Balaban J connectivity index is 2.27. The topological polar surface area (TPSA) is 46.2 Å². The van der Waals surface area contributed by atoms with Gasteiger partial charge in [0.2, 0.25) is 11.7 Å². The van der Waals surface area contributed by atoms with Gasteiger partial charge in [-0.2, -0.15) is 0 Å². The fraction of sp³-hybridized carbons (Fsp3) is 0.0769. The molecule has 5 heteroatoms. The Morgan fingerprint density at radius 2 is 1.89 bits per heavy atom. The molecule has 1 heterocycles. The van der Waals surface area contributed by atoms with Crippen LogP contribution in [0.25, 0.3) is 0 Å². The fourth-order valence-electron chi connectivity index (χ4n) is 1.49. The highest BCUT2D eigenvalue weighted by Crippen LogP contribution is 2.25. The van der Waals surface area contributed by atoms with E-state index in [0.29, 0.717) is 16.1 Å². The number of ketones is 1. The number of rotatable bonds is 4. The lowest BCUT2D eigenvalue weighted by Crippen LogP contribution is -2.14. The van der Waals surface area contributed by atoms with Crippen LogP contribution in [0.1, 0.15) is 15.2 Å². The maximum absolute atomic E-state index is 12.2. The molecule has 1 N–H and O–H groups in total. The second-order valence-electron chi connectivity index (χ2n) is 3.54. The largest absolute Gasteiger partial charge is 0.324 e. The molecule has 1 amide bonds. The predicted octanol–water partition coefficient (Wildman–Crippen LogP) is 3.16. The number of hydrogen-bond acceptors (Lipinski definition) is 3. The standard InChI is InChI=1S/C13H10ClNO2S/c14-8-11(16)15-10-6-7-18-13(10)12(17)9-4-2-1-3-5-9/h1-7H,8H2,(H,15,16). The maximum atomic E-state index is 12.2. The zero-order valence-electron chi connectivity index (χ0n) is 9.35. The Bertz CT molecular complexity index is 565. The van der Waals surface area contributed by atoms with Gasteiger partial charge >= 0.3 is 0 Å². The molecule has 1 aromatic heterocycles. The molecule has 0 aliphatic carbocycles. The molecule has 0 spiro atoms. The number of nitrogens with one attached hydrogen (secondary N) is 1. The summed E-state index contributed by atoms with van der Waals surface area (Å²) in [4.78, 5) is 24.0. The van der Waals surface area contributed by atoms with E-state index in [4.69, 9.17) is 11.6 Å². The molecule has 0 saturated heterocycles. The van der Waals surface area contributed by atoms with Gasteiger partial charge < -0.3 is 5.32 Å². The third-order valence-corrected chi connectivity index (χ3v) is 3.46. The zero-order valence-corrected chi connectivity index (χ0v) is 10.9. The number of halogens is 1. The first kappa shape index (κ1) is 12.8. The average Bonchev–Trinajstić information content (AvgIpc) is 2.86. The normalized spacial score (nSPS) is 10.1. The van der Waals surface area contributed by atoms with Gasteiger partial charge in [-0.15, -0.1) is 22.9 Å². The van der Waals surface area contributed by atoms with E-state index in [-0.39, 0.29) is 17.6 Å². The molecule has 2 aromatic rings. The first-order chi connectivity index (χ1) is 8.72. The lowest BCUT2D eigenvalue weighted by molar-refractivity contribution is -0.113. The summed E-state index contributed by atoms with van der Waals surface area (Å²) in [6, 6.07) is 10.6. The molecule has 0 fully saturated rings. The fourth-order valence-corrected chi connectivity index (χ4v) is 2.37. The summed E-state index contributed by atoms with van der Waals surface area (Å²) in [6.07, 6.45) is 0. The van der Waals surface area contributed by atoms with Crippen molar-refractivity contribution in [2.75, 3.05) is 11.2 Å². The number of alkyl halides is 1. The van der Waals surface area contributed by atoms with Crippen molar-refractivity contribution in [2.24, 2.45) is 0 Å². The molecule has 92 valence electrons. The first-order valence-electron chi connectivity index (χ1n) is 5.25. The van der Waals surface area contributed by atoms with Crippen LogP contribution in [0.4, 0.5) is 5.69 Å². The maximum Gasteiger partial charge on any atom is 0.239 e. The second-order valence-corrected chi connectivity index (χ2v) is 4.72. The second kappa shape index (κ2) is 5.80. The van der Waals surface area contributed by atoms with Gasteiger partial charge in [0.1, 0.15) is 5.88 Å². The highest BCUT2D eigenvalue weighted by molar-refractivity contribution is 7.13. The van der Waals surface area contributed by atoms with Gasteiger partial charge in [0.15, 0.2) is 0 Å². The third kappa shape index (κ3) is 2.78. The molecule has 18 heavy (non-hydrogen) atoms. The Kier molecular flexibility index (Phi) is 4.12. The van der Waals surface area contributed by atoms with Crippen molar-refractivity contribution in [1.29, 1.82) is 0 Å². The molecule has 0 bridgehead atoms. The van der Waals surface area contributed by atoms with E-state index in [2.05, 4.69) is 5.32 Å². The summed E-state index contributed by atoms with van der Waals surface area (Å²) < 4.78 is 0. The number of anilines is 1. The van der Waals surface area contributed by atoms with Crippen LogP contribution in [0.2, 0.25) is 0 Å². The number of carbonyl (C=O) groups is 2. The van der Waals surface area contributed by atoms with Crippen LogP contribution in [0.5, 0.6) is 0 Å². The molecule has 0 aliphatic rings. The van der Waals surface area contributed by atoms with E-state index >= 15 is 0 Å². The minimum absolute atomic E-state index is 0.101. The van der Waals surface area contributed by atoms with Crippen molar-refractivity contribution < 1.29 is 9.59 Å². The summed E-state index contributed by atoms with van der Waals surface area (Å²) in [5.41, 5.74) is 1.11. The number of hydrogen-bond donors (Lipinski definition) is 1. The summed E-state index contributed by atoms with van der Waals surface area (Å²) in [5.74, 6) is -0.554. The van der Waals surface area contributed by atoms with Gasteiger partial charge in [0.05, 0.1) is 10.6 Å². The lowest BCUT2D eigenvalue weighted by Gasteiger charge is -2.04. The van der Waals surface area contributed by atoms with Crippen LogP contribution in [-0.2, 0) is 4.79 Å². The number of thiophene rings is 1. The van der Waals surface area contributed by atoms with E-state index in [1.54, 1.807) is 35.7 Å². The van der Waals surface area contributed by atoms with E-state index in [0.717, 1.165) is 0 Å². The van der Waals surface area contributed by atoms with Crippen LogP contribution < -0.4 is 5.32 Å². The molecule has 3 nitrogen and oxygen atoms in total. The lowest BCUT2D eigenvalue weighted by atomic mass is 10.1. The highest BCUT2D eigenvalue weighted by Gasteiger charge is 2.16. The van der Waals surface area contributed by atoms with Crippen LogP contribution in [0.3, 0.4) is 0 Å². The van der Waals surface area contributed by atoms with Crippen molar-refractivity contribution in [1.82, 2.24) is 0 Å². The Morgan fingerprint density at radius 1 is 1.17 bits per heavy atom. The minimum atomic E-state index is -0.322. The molecular formula is C13H10ClNO2S.